The number of hydrogen-bond acceptors (Lipinski definition) is 4. The fraction of sp³-hybridized carbons (Fsp3) is 0.500. The Balaban J connectivity index is 1.22. The molecule has 1 aromatic heterocycles. The number of benzene rings is 1. The molecule has 2 aromatic rings. The summed E-state index contributed by atoms with van der Waals surface area (Å²) >= 11 is 0. The summed E-state index contributed by atoms with van der Waals surface area (Å²) in [6.07, 6.45) is 8.08. The Hall–Kier alpha value is -2.73. The number of amides is 2. The Labute approximate surface area is 190 Å². The summed E-state index contributed by atoms with van der Waals surface area (Å²) in [7, 11) is 0. The molecule has 2 heterocycles. The maximum absolute atomic E-state index is 12.6. The van der Waals surface area contributed by atoms with Crippen LogP contribution in [0.5, 0.6) is 0 Å². The lowest BCUT2D eigenvalue weighted by Crippen LogP contribution is -2.46. The van der Waals surface area contributed by atoms with E-state index >= 15 is 0 Å². The second-order valence-electron chi connectivity index (χ2n) is 9.07. The van der Waals surface area contributed by atoms with E-state index in [2.05, 4.69) is 32.7 Å². The summed E-state index contributed by atoms with van der Waals surface area (Å²) in [4.78, 5) is 31.6. The number of piperidine rings is 1. The molecule has 2 fully saturated rings. The van der Waals surface area contributed by atoms with Gasteiger partial charge in [-0.2, -0.15) is 0 Å². The Bertz CT molecular complexity index is 862. The molecule has 0 unspecified atom stereocenters. The summed E-state index contributed by atoms with van der Waals surface area (Å²) in [5.74, 6) is 0.455. The van der Waals surface area contributed by atoms with Gasteiger partial charge >= 0.3 is 0 Å². The number of hydrogen-bond donors (Lipinski definition) is 2. The third-order valence-electron chi connectivity index (χ3n) is 6.75. The smallest absolute Gasteiger partial charge is 0.226 e. The highest BCUT2D eigenvalue weighted by atomic mass is 16.2. The molecule has 2 amide bonds. The van der Waals surface area contributed by atoms with E-state index < -0.39 is 0 Å². The van der Waals surface area contributed by atoms with Crippen LogP contribution in [-0.4, -0.2) is 47.4 Å². The van der Waals surface area contributed by atoms with Gasteiger partial charge in [0.05, 0.1) is 12.5 Å². The Kier molecular flexibility index (Phi) is 7.88. The van der Waals surface area contributed by atoms with Crippen LogP contribution in [0.15, 0.2) is 54.7 Å². The van der Waals surface area contributed by atoms with Crippen LogP contribution >= 0.6 is 0 Å². The van der Waals surface area contributed by atoms with Gasteiger partial charge in [-0.25, -0.2) is 0 Å². The fourth-order valence-electron chi connectivity index (χ4n) is 4.53. The number of rotatable bonds is 9. The van der Waals surface area contributed by atoms with E-state index in [1.807, 2.05) is 36.4 Å². The first kappa shape index (κ1) is 22.5. The Morgan fingerprint density at radius 2 is 1.75 bits per heavy atom. The number of likely N-dealkylation sites (tertiary alicyclic amines) is 1. The van der Waals surface area contributed by atoms with Gasteiger partial charge in [-0.05, 0) is 49.8 Å². The SMILES string of the molecule is O=C(Cc1ccccn1)NC1CCN(CC[C@H](NC(=O)C2CCC2)c2ccccc2)CC1. The molecule has 32 heavy (non-hydrogen) atoms. The van der Waals surface area contributed by atoms with Gasteiger partial charge in [-0.3, -0.25) is 14.6 Å². The summed E-state index contributed by atoms with van der Waals surface area (Å²) in [6.45, 7) is 2.87. The van der Waals surface area contributed by atoms with Gasteiger partial charge in [-0.1, -0.05) is 42.8 Å². The summed E-state index contributed by atoms with van der Waals surface area (Å²) in [5, 5.41) is 6.47. The third kappa shape index (κ3) is 6.39. The zero-order chi connectivity index (χ0) is 22.2. The third-order valence-corrected chi connectivity index (χ3v) is 6.75. The van der Waals surface area contributed by atoms with E-state index in [1.165, 1.54) is 12.0 Å². The lowest BCUT2D eigenvalue weighted by Gasteiger charge is -2.34. The van der Waals surface area contributed by atoms with E-state index in [9.17, 15) is 9.59 Å². The number of carbonyl (C=O) groups is 2. The largest absolute Gasteiger partial charge is 0.353 e. The molecule has 6 nitrogen and oxygen atoms in total. The van der Waals surface area contributed by atoms with Gasteiger partial charge in [0.2, 0.25) is 11.8 Å². The van der Waals surface area contributed by atoms with Crippen LogP contribution < -0.4 is 10.6 Å². The van der Waals surface area contributed by atoms with Crippen LogP contribution in [0.3, 0.4) is 0 Å². The highest BCUT2D eigenvalue weighted by Gasteiger charge is 2.28. The van der Waals surface area contributed by atoms with Gasteiger partial charge < -0.3 is 15.5 Å². The van der Waals surface area contributed by atoms with Crippen LogP contribution in [0, 0.1) is 5.92 Å². The summed E-state index contributed by atoms with van der Waals surface area (Å²) in [6, 6.07) is 16.2. The Morgan fingerprint density at radius 1 is 1.00 bits per heavy atom. The fourth-order valence-corrected chi connectivity index (χ4v) is 4.53. The van der Waals surface area contributed by atoms with Crippen LogP contribution in [0.4, 0.5) is 0 Å². The molecule has 1 saturated heterocycles. The van der Waals surface area contributed by atoms with Crippen LogP contribution in [0.2, 0.25) is 0 Å². The quantitative estimate of drug-likeness (QED) is 0.635. The standard InChI is InChI=1S/C26H34N4O2/c31-25(19-23-11-4-5-15-27-23)28-22-12-16-30(17-13-22)18-14-24(20-7-2-1-3-8-20)29-26(32)21-9-6-10-21/h1-5,7-8,11,15,21-22,24H,6,9-10,12-14,16-19H2,(H,28,31)(H,29,32)/t24-/m0/s1. The summed E-state index contributed by atoms with van der Waals surface area (Å²) < 4.78 is 0. The van der Waals surface area contributed by atoms with E-state index in [4.69, 9.17) is 0 Å². The lowest BCUT2D eigenvalue weighted by molar-refractivity contribution is -0.128. The van der Waals surface area contributed by atoms with Crippen molar-refractivity contribution < 1.29 is 9.59 Å². The van der Waals surface area contributed by atoms with Crippen molar-refractivity contribution in [1.82, 2.24) is 20.5 Å². The molecule has 4 rings (SSSR count). The molecule has 0 radical (unpaired) electrons. The van der Waals surface area contributed by atoms with Crippen LogP contribution in [0.25, 0.3) is 0 Å². The van der Waals surface area contributed by atoms with Crippen molar-refractivity contribution in [2.45, 2.75) is 57.0 Å². The molecular weight excluding hydrogens is 400 g/mol. The zero-order valence-corrected chi connectivity index (χ0v) is 18.7. The lowest BCUT2D eigenvalue weighted by atomic mass is 9.84. The normalized spacial score (nSPS) is 18.5. The molecule has 0 bridgehead atoms. The number of pyridine rings is 1. The maximum atomic E-state index is 12.6. The van der Waals surface area contributed by atoms with Gasteiger partial charge in [0, 0.05) is 43.5 Å². The van der Waals surface area contributed by atoms with Crippen LogP contribution in [-0.2, 0) is 16.0 Å². The van der Waals surface area contributed by atoms with Crippen molar-refractivity contribution in [1.29, 1.82) is 0 Å². The molecule has 1 atom stereocenters. The Morgan fingerprint density at radius 3 is 2.41 bits per heavy atom. The van der Waals surface area contributed by atoms with Crippen molar-refractivity contribution in [3.05, 3.63) is 66.0 Å². The molecule has 1 saturated carbocycles. The van der Waals surface area contributed by atoms with Crippen molar-refractivity contribution >= 4 is 11.8 Å². The number of nitrogens with zero attached hydrogens (tertiary/aromatic N) is 2. The predicted molar refractivity (Wildman–Crippen MR) is 125 cm³/mol. The molecule has 6 heteroatoms. The first-order chi connectivity index (χ1) is 15.7. The number of aromatic nitrogens is 1. The maximum Gasteiger partial charge on any atom is 0.226 e. The first-order valence-corrected chi connectivity index (χ1v) is 11.9. The van der Waals surface area contributed by atoms with Crippen molar-refractivity contribution in [2.24, 2.45) is 5.92 Å². The minimum absolute atomic E-state index is 0.0463. The average Bonchev–Trinajstić information content (AvgIpc) is 2.77. The van der Waals surface area contributed by atoms with Crippen molar-refractivity contribution in [2.75, 3.05) is 19.6 Å². The van der Waals surface area contributed by atoms with E-state index in [1.54, 1.807) is 6.20 Å². The number of nitrogens with one attached hydrogen (secondary N) is 2. The van der Waals surface area contributed by atoms with E-state index in [0.717, 1.165) is 57.4 Å². The zero-order valence-electron chi connectivity index (χ0n) is 18.7. The van der Waals surface area contributed by atoms with E-state index in [-0.39, 0.29) is 29.8 Å². The monoisotopic (exact) mass is 434 g/mol. The first-order valence-electron chi connectivity index (χ1n) is 11.9. The molecule has 1 aliphatic carbocycles. The van der Waals surface area contributed by atoms with Gasteiger partial charge in [0.15, 0.2) is 0 Å². The molecule has 1 aliphatic heterocycles. The molecule has 2 aliphatic rings. The van der Waals surface area contributed by atoms with Gasteiger partial charge in [0.1, 0.15) is 0 Å². The highest BCUT2D eigenvalue weighted by Crippen LogP contribution is 2.28. The highest BCUT2D eigenvalue weighted by molar-refractivity contribution is 5.80. The minimum atomic E-state index is 0.0463. The van der Waals surface area contributed by atoms with Crippen LogP contribution in [0.1, 0.15) is 55.8 Å². The molecule has 170 valence electrons. The number of carbonyl (C=O) groups excluding carboxylic acids is 2. The molecule has 1 aromatic carbocycles. The second-order valence-corrected chi connectivity index (χ2v) is 9.07. The molecular formula is C26H34N4O2. The second kappa shape index (κ2) is 11.2. The van der Waals surface area contributed by atoms with Crippen molar-refractivity contribution in [3.63, 3.8) is 0 Å². The molecule has 0 spiro atoms. The van der Waals surface area contributed by atoms with Gasteiger partial charge in [-0.15, -0.1) is 0 Å². The van der Waals surface area contributed by atoms with E-state index in [0.29, 0.717) is 6.42 Å². The predicted octanol–water partition coefficient (Wildman–Crippen LogP) is 3.25. The minimum Gasteiger partial charge on any atom is -0.353 e. The van der Waals surface area contributed by atoms with Gasteiger partial charge in [0.25, 0.3) is 0 Å². The topological polar surface area (TPSA) is 74.3 Å². The average molecular weight is 435 g/mol. The van der Waals surface area contributed by atoms with Crippen molar-refractivity contribution in [3.8, 4) is 0 Å². The molecule has 2 N–H and O–H groups in total. The summed E-state index contributed by atoms with van der Waals surface area (Å²) in [5.41, 5.74) is 1.98.